The number of rotatable bonds is 3. The first kappa shape index (κ1) is 12.3. The van der Waals surface area contributed by atoms with E-state index in [2.05, 4.69) is 5.10 Å². The molecular formula is C14H13N3O3. The fourth-order valence-electron chi connectivity index (χ4n) is 2.03. The highest BCUT2D eigenvalue weighted by Crippen LogP contribution is 2.13. The zero-order chi connectivity index (χ0) is 14.1. The Labute approximate surface area is 114 Å². The molecule has 0 saturated heterocycles. The van der Waals surface area contributed by atoms with Crippen LogP contribution in [0.3, 0.4) is 0 Å². The van der Waals surface area contributed by atoms with Gasteiger partial charge in [0.25, 0.3) is 0 Å². The molecule has 102 valence electrons. The van der Waals surface area contributed by atoms with Crippen LogP contribution >= 0.6 is 0 Å². The maximum atomic E-state index is 12.0. The van der Waals surface area contributed by atoms with Crippen LogP contribution in [0.1, 0.15) is 5.69 Å². The molecule has 0 aliphatic carbocycles. The van der Waals surface area contributed by atoms with Crippen LogP contribution in [0.2, 0.25) is 0 Å². The molecule has 0 amide bonds. The van der Waals surface area contributed by atoms with Gasteiger partial charge in [-0.25, -0.2) is 0 Å². The van der Waals surface area contributed by atoms with Crippen molar-refractivity contribution in [3.63, 3.8) is 0 Å². The predicted octanol–water partition coefficient (Wildman–Crippen LogP) is 1.55. The molecule has 2 heterocycles. The molecule has 3 rings (SSSR count). The zero-order valence-corrected chi connectivity index (χ0v) is 10.9. The van der Waals surface area contributed by atoms with Gasteiger partial charge in [-0.3, -0.25) is 9.48 Å². The van der Waals surface area contributed by atoms with E-state index < -0.39 is 5.56 Å². The summed E-state index contributed by atoms with van der Waals surface area (Å²) in [5, 5.41) is 14.5. The summed E-state index contributed by atoms with van der Waals surface area (Å²) >= 11 is 0. The van der Waals surface area contributed by atoms with E-state index in [-0.39, 0.29) is 12.1 Å². The zero-order valence-electron chi connectivity index (χ0n) is 10.9. The number of para-hydroxylation sites is 1. The lowest BCUT2D eigenvalue weighted by Gasteiger charge is -2.08. The summed E-state index contributed by atoms with van der Waals surface area (Å²) in [6, 6.07) is 10.9. The monoisotopic (exact) mass is 271 g/mol. The van der Waals surface area contributed by atoms with Crippen LogP contribution in [0.4, 0.5) is 0 Å². The SMILES string of the molecule is Cn1cc2cc(COc3ccccc3)n(O)c(=O)c2n1. The van der Waals surface area contributed by atoms with Crippen LogP contribution in [0.15, 0.2) is 47.4 Å². The summed E-state index contributed by atoms with van der Waals surface area (Å²) in [5.74, 6) is 0.672. The number of ether oxygens (including phenoxy) is 1. The van der Waals surface area contributed by atoms with E-state index >= 15 is 0 Å². The lowest BCUT2D eigenvalue weighted by molar-refractivity contribution is 0.149. The van der Waals surface area contributed by atoms with Crippen molar-refractivity contribution in [3.05, 3.63) is 58.6 Å². The summed E-state index contributed by atoms with van der Waals surface area (Å²) in [4.78, 5) is 12.0. The van der Waals surface area contributed by atoms with Crippen molar-refractivity contribution in [3.8, 4) is 5.75 Å². The molecule has 1 aromatic carbocycles. The molecule has 0 saturated carbocycles. The van der Waals surface area contributed by atoms with Crippen LogP contribution < -0.4 is 10.3 Å². The summed E-state index contributed by atoms with van der Waals surface area (Å²) in [6.45, 7) is 0.0978. The molecule has 0 unspecified atom stereocenters. The van der Waals surface area contributed by atoms with E-state index in [9.17, 15) is 10.0 Å². The second-order valence-electron chi connectivity index (χ2n) is 4.46. The summed E-state index contributed by atoms with van der Waals surface area (Å²) in [6.07, 6.45) is 1.72. The smallest absolute Gasteiger partial charge is 0.311 e. The molecule has 0 aliphatic heterocycles. The molecule has 0 spiro atoms. The third-order valence-corrected chi connectivity index (χ3v) is 2.98. The molecule has 1 N–H and O–H groups in total. The number of hydrogen-bond acceptors (Lipinski definition) is 4. The highest BCUT2D eigenvalue weighted by molar-refractivity contribution is 5.77. The van der Waals surface area contributed by atoms with Gasteiger partial charge in [0.05, 0.1) is 5.69 Å². The maximum absolute atomic E-state index is 12.0. The van der Waals surface area contributed by atoms with Crippen molar-refractivity contribution in [2.45, 2.75) is 6.61 Å². The van der Waals surface area contributed by atoms with E-state index in [0.717, 1.165) is 0 Å². The number of benzene rings is 1. The first-order valence-corrected chi connectivity index (χ1v) is 6.10. The topological polar surface area (TPSA) is 69.3 Å². The third kappa shape index (κ3) is 2.11. The molecule has 6 nitrogen and oxygen atoms in total. The van der Waals surface area contributed by atoms with Gasteiger partial charge in [-0.15, -0.1) is 4.73 Å². The fourth-order valence-corrected chi connectivity index (χ4v) is 2.03. The number of aryl methyl sites for hydroxylation is 1. The first-order valence-electron chi connectivity index (χ1n) is 6.10. The number of pyridine rings is 1. The number of fused-ring (bicyclic) bond motifs is 1. The molecule has 0 radical (unpaired) electrons. The minimum absolute atomic E-state index is 0.0978. The molecule has 20 heavy (non-hydrogen) atoms. The highest BCUT2D eigenvalue weighted by Gasteiger charge is 2.11. The van der Waals surface area contributed by atoms with Crippen molar-refractivity contribution in [2.75, 3.05) is 0 Å². The van der Waals surface area contributed by atoms with E-state index in [0.29, 0.717) is 21.6 Å². The van der Waals surface area contributed by atoms with Gasteiger partial charge < -0.3 is 9.94 Å². The van der Waals surface area contributed by atoms with Crippen LogP contribution in [-0.2, 0) is 13.7 Å². The van der Waals surface area contributed by atoms with Crippen LogP contribution in [-0.4, -0.2) is 19.7 Å². The fraction of sp³-hybridized carbons (Fsp3) is 0.143. The Hall–Kier alpha value is -2.76. The largest absolute Gasteiger partial charge is 0.487 e. The molecule has 0 bridgehead atoms. The van der Waals surface area contributed by atoms with Crippen molar-refractivity contribution < 1.29 is 9.94 Å². The van der Waals surface area contributed by atoms with E-state index in [1.165, 1.54) is 4.68 Å². The minimum Gasteiger partial charge on any atom is -0.487 e. The van der Waals surface area contributed by atoms with Gasteiger partial charge in [-0.2, -0.15) is 5.10 Å². The van der Waals surface area contributed by atoms with E-state index in [4.69, 9.17) is 4.74 Å². The van der Waals surface area contributed by atoms with E-state index in [1.807, 2.05) is 30.3 Å². The third-order valence-electron chi connectivity index (χ3n) is 2.98. The number of aromatic nitrogens is 3. The molecular weight excluding hydrogens is 258 g/mol. The Bertz CT molecular complexity index is 806. The summed E-state index contributed by atoms with van der Waals surface area (Å²) < 4.78 is 7.65. The molecule has 0 fully saturated rings. The first-order chi connectivity index (χ1) is 9.65. The number of hydrogen-bond donors (Lipinski definition) is 1. The van der Waals surface area contributed by atoms with Gasteiger partial charge in [0.1, 0.15) is 12.4 Å². The average Bonchev–Trinajstić information content (AvgIpc) is 2.83. The van der Waals surface area contributed by atoms with Crippen LogP contribution in [0.25, 0.3) is 10.9 Å². The normalized spacial score (nSPS) is 10.8. The highest BCUT2D eigenvalue weighted by atomic mass is 16.5. The molecule has 2 aromatic heterocycles. The Morgan fingerprint density at radius 3 is 2.80 bits per heavy atom. The molecule has 6 heteroatoms. The second kappa shape index (κ2) is 4.73. The van der Waals surface area contributed by atoms with Gasteiger partial charge in [0.15, 0.2) is 5.52 Å². The maximum Gasteiger partial charge on any atom is 0.311 e. The lowest BCUT2D eigenvalue weighted by atomic mass is 10.2. The summed E-state index contributed by atoms with van der Waals surface area (Å²) in [5.41, 5.74) is 0.0626. The molecule has 0 atom stereocenters. The standard InChI is InChI=1S/C14H13N3O3/c1-16-8-10-7-11(17(19)14(18)13(10)15-16)9-20-12-5-3-2-4-6-12/h2-8,19H,9H2,1H3. The van der Waals surface area contributed by atoms with Crippen molar-refractivity contribution in [1.82, 2.24) is 14.5 Å². The van der Waals surface area contributed by atoms with Gasteiger partial charge in [0, 0.05) is 18.6 Å². The van der Waals surface area contributed by atoms with Crippen LogP contribution in [0.5, 0.6) is 5.75 Å². The van der Waals surface area contributed by atoms with Gasteiger partial charge >= 0.3 is 5.56 Å². The van der Waals surface area contributed by atoms with Gasteiger partial charge in [0.2, 0.25) is 0 Å². The second-order valence-corrected chi connectivity index (χ2v) is 4.46. The lowest BCUT2D eigenvalue weighted by Crippen LogP contribution is -2.22. The molecule has 0 aliphatic rings. The van der Waals surface area contributed by atoms with Crippen molar-refractivity contribution in [2.24, 2.45) is 7.05 Å². The quantitative estimate of drug-likeness (QED) is 0.734. The van der Waals surface area contributed by atoms with Crippen molar-refractivity contribution in [1.29, 1.82) is 0 Å². The van der Waals surface area contributed by atoms with E-state index in [1.54, 1.807) is 19.3 Å². The minimum atomic E-state index is -0.547. The van der Waals surface area contributed by atoms with Crippen LogP contribution in [0, 0.1) is 0 Å². The average molecular weight is 271 g/mol. The van der Waals surface area contributed by atoms with Gasteiger partial charge in [-0.1, -0.05) is 18.2 Å². The molecule has 3 aromatic rings. The Morgan fingerprint density at radius 2 is 2.05 bits per heavy atom. The predicted molar refractivity (Wildman–Crippen MR) is 72.9 cm³/mol. The van der Waals surface area contributed by atoms with Crippen molar-refractivity contribution >= 4 is 10.9 Å². The Morgan fingerprint density at radius 1 is 1.30 bits per heavy atom. The Balaban J connectivity index is 1.95. The number of nitrogens with zero attached hydrogens (tertiary/aromatic N) is 3. The van der Waals surface area contributed by atoms with Gasteiger partial charge in [-0.05, 0) is 18.2 Å². The Kier molecular flexibility index (Phi) is 2.90. The summed E-state index contributed by atoms with van der Waals surface area (Å²) in [7, 11) is 1.72.